The number of fused-ring (bicyclic) bond motifs is 1. The molecule has 2 heterocycles. The first-order valence-electron chi connectivity index (χ1n) is 3.41. The second kappa shape index (κ2) is 2.60. The molecule has 2 aromatic heterocycles. The zero-order valence-electron chi connectivity index (χ0n) is 6.04. The molecule has 0 unspecified atom stereocenters. The van der Waals surface area contributed by atoms with Crippen LogP contribution in [0.25, 0.3) is 11.0 Å². The summed E-state index contributed by atoms with van der Waals surface area (Å²) in [6.07, 6.45) is 1.61. The van der Waals surface area contributed by atoms with Crippen molar-refractivity contribution >= 4 is 22.6 Å². The van der Waals surface area contributed by atoms with Gasteiger partial charge < -0.3 is 4.98 Å². The van der Waals surface area contributed by atoms with Crippen LogP contribution in [-0.4, -0.2) is 9.97 Å². The number of hydrogen-bond donors (Lipinski definition) is 1. The number of pyridine rings is 2. The molecule has 0 saturated heterocycles. The van der Waals surface area contributed by atoms with Crippen LogP contribution >= 0.6 is 11.6 Å². The minimum absolute atomic E-state index is 0.230. The third kappa shape index (κ3) is 1.08. The van der Waals surface area contributed by atoms with E-state index in [9.17, 15) is 4.79 Å². The fraction of sp³-hybridized carbons (Fsp3) is 0. The third-order valence-electron chi connectivity index (χ3n) is 1.56. The van der Waals surface area contributed by atoms with E-state index < -0.39 is 0 Å². The number of aromatic amines is 1. The minimum Gasteiger partial charge on any atom is -0.306 e. The molecule has 4 heteroatoms. The van der Waals surface area contributed by atoms with Crippen molar-refractivity contribution in [2.75, 3.05) is 0 Å². The normalized spacial score (nSPS) is 10.4. The molecular formula is C8H5ClN2O. The number of hydrogen-bond acceptors (Lipinski definition) is 2. The summed E-state index contributed by atoms with van der Waals surface area (Å²) in [5, 5.41) is 1.20. The molecule has 0 aliphatic carbocycles. The molecule has 0 bridgehead atoms. The Bertz CT molecular complexity index is 478. The highest BCUT2D eigenvalue weighted by molar-refractivity contribution is 6.35. The average molecular weight is 181 g/mol. The van der Waals surface area contributed by atoms with Crippen molar-refractivity contribution in [3.63, 3.8) is 0 Å². The average Bonchev–Trinajstić information content (AvgIpc) is 2.04. The van der Waals surface area contributed by atoms with Gasteiger partial charge in [-0.3, -0.25) is 4.79 Å². The number of H-pyrrole nitrogens is 1. The number of rotatable bonds is 0. The molecule has 1 N–H and O–H groups in total. The first-order valence-corrected chi connectivity index (χ1v) is 3.79. The second-order valence-electron chi connectivity index (χ2n) is 2.38. The van der Waals surface area contributed by atoms with Gasteiger partial charge in [-0.1, -0.05) is 11.6 Å². The van der Waals surface area contributed by atoms with Crippen LogP contribution in [0.2, 0.25) is 5.02 Å². The van der Waals surface area contributed by atoms with Crippen LogP contribution in [0.4, 0.5) is 0 Å². The van der Waals surface area contributed by atoms with Gasteiger partial charge in [-0.25, -0.2) is 4.98 Å². The lowest BCUT2D eigenvalue weighted by molar-refractivity contribution is 1.23. The molecule has 0 radical (unpaired) electrons. The van der Waals surface area contributed by atoms with Crippen LogP contribution in [0.5, 0.6) is 0 Å². The molecule has 0 atom stereocenters. The van der Waals surface area contributed by atoms with Gasteiger partial charge in [-0.05, 0) is 12.1 Å². The lowest BCUT2D eigenvalue weighted by atomic mass is 10.3. The van der Waals surface area contributed by atoms with E-state index >= 15 is 0 Å². The van der Waals surface area contributed by atoms with Crippen molar-refractivity contribution in [2.45, 2.75) is 0 Å². The SMILES string of the molecule is O=c1cc(Cl)c2cccnc2[nH]1. The van der Waals surface area contributed by atoms with E-state index in [-0.39, 0.29) is 5.56 Å². The van der Waals surface area contributed by atoms with Crippen LogP contribution in [0.3, 0.4) is 0 Å². The zero-order valence-corrected chi connectivity index (χ0v) is 6.80. The van der Waals surface area contributed by atoms with E-state index in [0.29, 0.717) is 10.7 Å². The standard InChI is InChI=1S/C8H5ClN2O/c9-6-4-7(12)11-8-5(6)2-1-3-10-8/h1-4H,(H,10,11,12). The Hall–Kier alpha value is -1.35. The summed E-state index contributed by atoms with van der Waals surface area (Å²) in [5.41, 5.74) is 0.293. The largest absolute Gasteiger partial charge is 0.306 e. The van der Waals surface area contributed by atoms with Crippen LogP contribution in [0, 0.1) is 0 Å². The summed E-state index contributed by atoms with van der Waals surface area (Å²) in [6, 6.07) is 4.92. The Morgan fingerprint density at radius 2 is 2.33 bits per heavy atom. The quantitative estimate of drug-likeness (QED) is 0.669. The number of halogens is 1. The van der Waals surface area contributed by atoms with Gasteiger partial charge in [-0.2, -0.15) is 0 Å². The maximum absolute atomic E-state index is 10.9. The highest BCUT2D eigenvalue weighted by atomic mass is 35.5. The van der Waals surface area contributed by atoms with E-state index in [1.54, 1.807) is 18.3 Å². The second-order valence-corrected chi connectivity index (χ2v) is 2.79. The Morgan fingerprint density at radius 3 is 3.17 bits per heavy atom. The first-order chi connectivity index (χ1) is 5.77. The van der Waals surface area contributed by atoms with Crippen molar-refractivity contribution in [1.82, 2.24) is 9.97 Å². The van der Waals surface area contributed by atoms with Crippen LogP contribution in [-0.2, 0) is 0 Å². The number of nitrogens with one attached hydrogen (secondary N) is 1. The molecule has 2 aromatic rings. The molecule has 60 valence electrons. The lowest BCUT2D eigenvalue weighted by Gasteiger charge is -1.96. The third-order valence-corrected chi connectivity index (χ3v) is 1.88. The smallest absolute Gasteiger partial charge is 0.251 e. The molecule has 0 amide bonds. The minimum atomic E-state index is -0.230. The van der Waals surface area contributed by atoms with Gasteiger partial charge >= 0.3 is 0 Å². The predicted molar refractivity (Wildman–Crippen MR) is 47.4 cm³/mol. The molecule has 0 saturated carbocycles. The van der Waals surface area contributed by atoms with E-state index in [1.807, 2.05) is 0 Å². The summed E-state index contributed by atoms with van der Waals surface area (Å²) in [6.45, 7) is 0. The number of aromatic nitrogens is 2. The monoisotopic (exact) mass is 180 g/mol. The zero-order chi connectivity index (χ0) is 8.55. The van der Waals surface area contributed by atoms with Crippen molar-refractivity contribution in [1.29, 1.82) is 0 Å². The molecule has 0 aromatic carbocycles. The molecule has 3 nitrogen and oxygen atoms in total. The lowest BCUT2D eigenvalue weighted by Crippen LogP contribution is -2.04. The highest BCUT2D eigenvalue weighted by Gasteiger charge is 1.99. The molecule has 0 fully saturated rings. The maximum Gasteiger partial charge on any atom is 0.251 e. The Labute approximate surface area is 73.0 Å². The molecule has 12 heavy (non-hydrogen) atoms. The predicted octanol–water partition coefficient (Wildman–Crippen LogP) is 1.58. The van der Waals surface area contributed by atoms with Crippen molar-refractivity contribution in [3.05, 3.63) is 39.8 Å². The first kappa shape index (κ1) is 7.31. The molecule has 0 aliphatic rings. The van der Waals surface area contributed by atoms with Gasteiger partial charge in [0.1, 0.15) is 5.65 Å². The van der Waals surface area contributed by atoms with Crippen LogP contribution < -0.4 is 5.56 Å². The van der Waals surface area contributed by atoms with E-state index in [4.69, 9.17) is 11.6 Å². The fourth-order valence-corrected chi connectivity index (χ4v) is 1.29. The van der Waals surface area contributed by atoms with Gasteiger partial charge in [0.25, 0.3) is 5.56 Å². The summed E-state index contributed by atoms with van der Waals surface area (Å²) in [4.78, 5) is 17.5. The van der Waals surface area contributed by atoms with Gasteiger partial charge in [0.2, 0.25) is 0 Å². The van der Waals surface area contributed by atoms with E-state index in [1.165, 1.54) is 6.07 Å². The fourth-order valence-electron chi connectivity index (χ4n) is 1.04. The molecular weight excluding hydrogens is 176 g/mol. The van der Waals surface area contributed by atoms with Crippen molar-refractivity contribution < 1.29 is 0 Å². The maximum atomic E-state index is 10.9. The topological polar surface area (TPSA) is 45.8 Å². The Kier molecular flexibility index (Phi) is 1.59. The Morgan fingerprint density at radius 1 is 1.50 bits per heavy atom. The van der Waals surface area contributed by atoms with Gasteiger partial charge in [0, 0.05) is 17.6 Å². The molecule has 0 spiro atoms. The number of nitrogens with zero attached hydrogens (tertiary/aromatic N) is 1. The van der Waals surface area contributed by atoms with Gasteiger partial charge in [0.15, 0.2) is 0 Å². The van der Waals surface area contributed by atoms with Gasteiger partial charge in [-0.15, -0.1) is 0 Å². The molecule has 0 aliphatic heterocycles. The van der Waals surface area contributed by atoms with Crippen LogP contribution in [0.15, 0.2) is 29.2 Å². The summed E-state index contributed by atoms with van der Waals surface area (Å²) < 4.78 is 0. The summed E-state index contributed by atoms with van der Waals surface area (Å²) in [5.74, 6) is 0. The highest BCUT2D eigenvalue weighted by Crippen LogP contribution is 2.16. The van der Waals surface area contributed by atoms with Gasteiger partial charge in [0.05, 0.1) is 5.02 Å². The Balaban J connectivity index is 2.99. The summed E-state index contributed by atoms with van der Waals surface area (Å²) in [7, 11) is 0. The van der Waals surface area contributed by atoms with Crippen molar-refractivity contribution in [2.24, 2.45) is 0 Å². The summed E-state index contributed by atoms with van der Waals surface area (Å²) >= 11 is 5.80. The molecule has 2 rings (SSSR count). The van der Waals surface area contributed by atoms with E-state index in [2.05, 4.69) is 9.97 Å². The van der Waals surface area contributed by atoms with Crippen molar-refractivity contribution in [3.8, 4) is 0 Å². The van der Waals surface area contributed by atoms with E-state index in [0.717, 1.165) is 5.39 Å². The van der Waals surface area contributed by atoms with Crippen LogP contribution in [0.1, 0.15) is 0 Å².